The Kier molecular flexibility index (Phi) is 6.35. The van der Waals surface area contributed by atoms with Crippen LogP contribution in [0.25, 0.3) is 0 Å². The zero-order valence-corrected chi connectivity index (χ0v) is 19.2. The van der Waals surface area contributed by atoms with E-state index < -0.39 is 10.0 Å². The molecule has 1 heterocycles. The summed E-state index contributed by atoms with van der Waals surface area (Å²) in [6, 6.07) is 12.9. The topological polar surface area (TPSA) is 95.6 Å². The molecule has 0 saturated heterocycles. The molecule has 0 fully saturated rings. The van der Waals surface area contributed by atoms with Crippen molar-refractivity contribution >= 4 is 27.5 Å². The van der Waals surface area contributed by atoms with Gasteiger partial charge in [-0.25, -0.2) is 13.1 Å². The molecular weight excluding hydrogens is 426 g/mol. The summed E-state index contributed by atoms with van der Waals surface area (Å²) in [5.74, 6) is -0.231. The van der Waals surface area contributed by atoms with Gasteiger partial charge in [0.15, 0.2) is 0 Å². The molecule has 2 aromatic carbocycles. The van der Waals surface area contributed by atoms with Crippen LogP contribution in [-0.4, -0.2) is 32.8 Å². The van der Waals surface area contributed by atoms with Gasteiger partial charge in [0.05, 0.1) is 10.9 Å². The fraction of sp³-hybridized carbons (Fsp3) is 0.417. The van der Waals surface area contributed by atoms with E-state index >= 15 is 0 Å². The van der Waals surface area contributed by atoms with E-state index in [4.69, 9.17) is 0 Å². The van der Waals surface area contributed by atoms with Gasteiger partial charge in [0.25, 0.3) is 0 Å². The minimum Gasteiger partial charge on any atom is -0.349 e. The Bertz CT molecular complexity index is 1150. The van der Waals surface area contributed by atoms with Crippen molar-refractivity contribution in [2.24, 2.45) is 0 Å². The Morgan fingerprint density at radius 2 is 1.91 bits per heavy atom. The number of benzene rings is 2. The van der Waals surface area contributed by atoms with Gasteiger partial charge in [-0.2, -0.15) is 0 Å². The summed E-state index contributed by atoms with van der Waals surface area (Å²) in [6.45, 7) is 3.47. The van der Waals surface area contributed by atoms with Crippen LogP contribution < -0.4 is 14.9 Å². The molecule has 4 rings (SSSR count). The van der Waals surface area contributed by atoms with E-state index in [0.29, 0.717) is 6.42 Å². The highest BCUT2D eigenvalue weighted by Gasteiger charge is 2.30. The van der Waals surface area contributed by atoms with Gasteiger partial charge < -0.3 is 10.2 Å². The van der Waals surface area contributed by atoms with E-state index in [1.807, 2.05) is 25.1 Å². The highest BCUT2D eigenvalue weighted by molar-refractivity contribution is 7.89. The molecule has 7 nitrogen and oxygen atoms in total. The van der Waals surface area contributed by atoms with E-state index in [1.54, 1.807) is 17.0 Å². The lowest BCUT2D eigenvalue weighted by Crippen LogP contribution is -2.34. The summed E-state index contributed by atoms with van der Waals surface area (Å²) in [5, 5.41) is 3.04. The predicted molar refractivity (Wildman–Crippen MR) is 123 cm³/mol. The minimum absolute atomic E-state index is 0.00188. The maximum absolute atomic E-state index is 12.7. The average molecular weight is 456 g/mol. The summed E-state index contributed by atoms with van der Waals surface area (Å²) < 4.78 is 28.0. The van der Waals surface area contributed by atoms with E-state index in [0.717, 1.165) is 36.1 Å². The number of hydrogen-bond donors (Lipinski definition) is 2. The Morgan fingerprint density at radius 3 is 2.69 bits per heavy atom. The van der Waals surface area contributed by atoms with Gasteiger partial charge in [-0.1, -0.05) is 24.3 Å². The van der Waals surface area contributed by atoms with Crippen molar-refractivity contribution in [3.63, 3.8) is 0 Å². The predicted octanol–water partition coefficient (Wildman–Crippen LogP) is 2.85. The zero-order chi connectivity index (χ0) is 22.9. The number of carbonyl (C=O) groups is 2. The number of rotatable bonds is 6. The molecule has 0 unspecified atom stereocenters. The first-order chi connectivity index (χ1) is 15.3. The summed E-state index contributed by atoms with van der Waals surface area (Å²) in [5.41, 5.74) is 4.01. The number of anilines is 1. The number of fused-ring (bicyclic) bond motifs is 2. The summed E-state index contributed by atoms with van der Waals surface area (Å²) in [7, 11) is -3.75. The first-order valence-corrected chi connectivity index (χ1v) is 12.5. The Morgan fingerprint density at radius 1 is 1.12 bits per heavy atom. The smallest absolute Gasteiger partial charge is 0.240 e. The van der Waals surface area contributed by atoms with Crippen LogP contribution in [0.3, 0.4) is 0 Å². The van der Waals surface area contributed by atoms with Crippen LogP contribution in [0, 0.1) is 0 Å². The van der Waals surface area contributed by atoms with Crippen LogP contribution in [0.1, 0.15) is 55.8 Å². The molecular formula is C24H29N3O4S. The minimum atomic E-state index is -3.75. The molecule has 0 radical (unpaired) electrons. The van der Waals surface area contributed by atoms with Crippen molar-refractivity contribution < 1.29 is 18.0 Å². The van der Waals surface area contributed by atoms with Crippen molar-refractivity contribution in [2.75, 3.05) is 11.4 Å². The number of nitrogens with zero attached hydrogens (tertiary/aromatic N) is 1. The average Bonchev–Trinajstić information content (AvgIpc) is 3.09. The molecule has 0 saturated carbocycles. The number of aryl methyl sites for hydroxylation is 1. The van der Waals surface area contributed by atoms with Crippen LogP contribution in [0.2, 0.25) is 0 Å². The maximum atomic E-state index is 12.7. The first kappa shape index (κ1) is 22.5. The summed E-state index contributed by atoms with van der Waals surface area (Å²) >= 11 is 0. The van der Waals surface area contributed by atoms with E-state index in [-0.39, 0.29) is 41.8 Å². The quantitative estimate of drug-likeness (QED) is 0.700. The lowest BCUT2D eigenvalue weighted by atomic mass is 9.88. The molecule has 0 spiro atoms. The first-order valence-electron chi connectivity index (χ1n) is 11.1. The van der Waals surface area contributed by atoms with E-state index in [2.05, 4.69) is 16.1 Å². The Labute approximate surface area is 189 Å². The van der Waals surface area contributed by atoms with Crippen LogP contribution in [0.4, 0.5) is 5.69 Å². The SMILES string of the molecule is CC(=O)N1c2ccc(S(=O)(=O)NCCC(=O)N[C@@H]3CCCc4ccccc43)cc2C[C@@H]1C. The van der Waals surface area contributed by atoms with Gasteiger partial charge in [0, 0.05) is 31.6 Å². The highest BCUT2D eigenvalue weighted by atomic mass is 32.2. The molecule has 2 amide bonds. The molecule has 0 bridgehead atoms. The third-order valence-electron chi connectivity index (χ3n) is 6.26. The molecule has 1 aliphatic carbocycles. The number of amides is 2. The maximum Gasteiger partial charge on any atom is 0.240 e. The fourth-order valence-corrected chi connectivity index (χ4v) is 5.89. The third-order valence-corrected chi connectivity index (χ3v) is 7.72. The highest BCUT2D eigenvalue weighted by Crippen LogP contribution is 2.34. The molecule has 8 heteroatoms. The van der Waals surface area contributed by atoms with Crippen molar-refractivity contribution in [3.05, 3.63) is 59.2 Å². The Hall–Kier alpha value is -2.71. The van der Waals surface area contributed by atoms with E-state index in [9.17, 15) is 18.0 Å². The largest absolute Gasteiger partial charge is 0.349 e. The second-order valence-electron chi connectivity index (χ2n) is 8.59. The number of carbonyl (C=O) groups excluding carboxylic acids is 2. The van der Waals surface area contributed by atoms with Crippen molar-refractivity contribution in [3.8, 4) is 0 Å². The molecule has 1 aliphatic heterocycles. The summed E-state index contributed by atoms with van der Waals surface area (Å²) in [4.78, 5) is 26.2. The zero-order valence-electron chi connectivity index (χ0n) is 18.4. The van der Waals surface area contributed by atoms with Crippen molar-refractivity contribution in [2.45, 2.75) is 62.9 Å². The number of hydrogen-bond acceptors (Lipinski definition) is 4. The normalized spacial score (nSPS) is 19.9. The third kappa shape index (κ3) is 4.56. The van der Waals surface area contributed by atoms with Gasteiger partial charge in [0.2, 0.25) is 21.8 Å². The molecule has 32 heavy (non-hydrogen) atoms. The molecule has 0 aromatic heterocycles. The van der Waals surface area contributed by atoms with Gasteiger partial charge in [-0.3, -0.25) is 9.59 Å². The van der Waals surface area contributed by atoms with Gasteiger partial charge in [-0.15, -0.1) is 0 Å². The summed E-state index contributed by atoms with van der Waals surface area (Å²) in [6.07, 6.45) is 3.61. The lowest BCUT2D eigenvalue weighted by molar-refractivity contribution is -0.121. The lowest BCUT2D eigenvalue weighted by Gasteiger charge is -2.26. The van der Waals surface area contributed by atoms with Gasteiger partial charge in [-0.05, 0) is 67.5 Å². The second-order valence-corrected chi connectivity index (χ2v) is 10.4. The Balaban J connectivity index is 1.35. The van der Waals surface area contributed by atoms with E-state index in [1.165, 1.54) is 18.6 Å². The van der Waals surface area contributed by atoms with Gasteiger partial charge in [0.1, 0.15) is 0 Å². The van der Waals surface area contributed by atoms with Crippen molar-refractivity contribution in [1.29, 1.82) is 0 Å². The standard InChI is InChI=1S/C24H29N3O4S/c1-16-14-19-15-20(10-11-23(19)27(16)17(2)28)32(30,31)25-13-12-24(29)26-22-9-5-7-18-6-3-4-8-21(18)22/h3-4,6,8,10-11,15-16,22,25H,5,7,9,12-14H2,1-2H3,(H,26,29)/t16-,22+/m0/s1. The van der Waals surface area contributed by atoms with Gasteiger partial charge >= 0.3 is 0 Å². The van der Waals surface area contributed by atoms with Crippen LogP contribution in [-0.2, 0) is 32.5 Å². The molecule has 170 valence electrons. The van der Waals surface area contributed by atoms with Crippen LogP contribution in [0.5, 0.6) is 0 Å². The van der Waals surface area contributed by atoms with Crippen molar-refractivity contribution in [1.82, 2.24) is 10.0 Å². The molecule has 2 aromatic rings. The molecule has 2 N–H and O–H groups in total. The molecule has 2 aliphatic rings. The number of nitrogens with one attached hydrogen (secondary N) is 2. The second kappa shape index (κ2) is 9.03. The number of sulfonamides is 1. The molecule has 2 atom stereocenters. The monoisotopic (exact) mass is 455 g/mol. The van der Waals surface area contributed by atoms with Crippen LogP contribution >= 0.6 is 0 Å². The van der Waals surface area contributed by atoms with Crippen LogP contribution in [0.15, 0.2) is 47.4 Å². The fourth-order valence-electron chi connectivity index (χ4n) is 4.81.